The molecule has 37 heavy (non-hydrogen) atoms. The highest BCUT2D eigenvalue weighted by Gasteiger charge is 2.43. The van der Waals surface area contributed by atoms with E-state index in [1.165, 1.54) is 37.1 Å². The predicted octanol–water partition coefficient (Wildman–Crippen LogP) is 3.86. The Morgan fingerprint density at radius 1 is 1.00 bits per heavy atom. The lowest BCUT2D eigenvalue weighted by Crippen LogP contribution is -2.48. The first-order valence-electron chi connectivity index (χ1n) is 11.5. The van der Waals surface area contributed by atoms with Crippen LogP contribution in [0, 0.1) is 0 Å². The number of carboxylic acid groups (broad SMARTS) is 2. The number of alkyl halides is 6. The lowest BCUT2D eigenvalue weighted by molar-refractivity contribution is -0.193. The molecule has 4 rings (SSSR count). The summed E-state index contributed by atoms with van der Waals surface area (Å²) in [6, 6.07) is 4.40. The topological polar surface area (TPSA) is 99.5 Å². The molecule has 15 heteroatoms. The molecule has 8 nitrogen and oxygen atoms in total. The van der Waals surface area contributed by atoms with Crippen LogP contribution < -0.4 is 0 Å². The number of likely N-dealkylation sites (tertiary alicyclic amines) is 1. The maximum absolute atomic E-state index is 10.6. The molecule has 0 unspecified atom stereocenters. The molecular formula is C22H30F6N2O6S. The Morgan fingerprint density at radius 3 is 2.11 bits per heavy atom. The summed E-state index contributed by atoms with van der Waals surface area (Å²) < 4.78 is 75.6. The fourth-order valence-electron chi connectivity index (χ4n) is 4.31. The van der Waals surface area contributed by atoms with Crippen molar-refractivity contribution in [1.29, 1.82) is 0 Å². The van der Waals surface area contributed by atoms with Gasteiger partial charge in [-0.2, -0.15) is 26.3 Å². The molecule has 0 aromatic carbocycles. The van der Waals surface area contributed by atoms with Crippen LogP contribution in [0.1, 0.15) is 30.6 Å². The average Bonchev–Trinajstić information content (AvgIpc) is 3.45. The Balaban J connectivity index is 0.000000286. The van der Waals surface area contributed by atoms with E-state index in [0.29, 0.717) is 6.10 Å². The third kappa shape index (κ3) is 11.1. The Hall–Kier alpha value is -1.94. The van der Waals surface area contributed by atoms with Crippen molar-refractivity contribution in [2.75, 3.05) is 45.9 Å². The number of rotatable bonds is 4. The van der Waals surface area contributed by atoms with Crippen LogP contribution in [0.4, 0.5) is 26.3 Å². The van der Waals surface area contributed by atoms with Crippen molar-refractivity contribution >= 4 is 23.3 Å². The summed E-state index contributed by atoms with van der Waals surface area (Å²) >= 11 is 1.87. The van der Waals surface area contributed by atoms with E-state index in [0.717, 1.165) is 45.9 Å². The van der Waals surface area contributed by atoms with E-state index < -0.39 is 24.3 Å². The van der Waals surface area contributed by atoms with Gasteiger partial charge in [-0.25, -0.2) is 9.59 Å². The van der Waals surface area contributed by atoms with Crippen molar-refractivity contribution in [3.8, 4) is 0 Å². The molecule has 4 heterocycles. The van der Waals surface area contributed by atoms with E-state index in [1.807, 2.05) is 11.3 Å². The fourth-order valence-corrected chi connectivity index (χ4v) is 5.06. The molecule has 1 spiro atoms. The maximum Gasteiger partial charge on any atom is 0.490 e. The van der Waals surface area contributed by atoms with E-state index in [9.17, 15) is 26.3 Å². The molecular weight excluding hydrogens is 534 g/mol. The highest BCUT2D eigenvalue weighted by molar-refractivity contribution is 7.09. The van der Waals surface area contributed by atoms with Gasteiger partial charge >= 0.3 is 24.3 Å². The summed E-state index contributed by atoms with van der Waals surface area (Å²) in [5.74, 6) is -5.51. The van der Waals surface area contributed by atoms with Gasteiger partial charge in [-0.15, -0.1) is 11.3 Å². The van der Waals surface area contributed by atoms with Crippen LogP contribution in [0.2, 0.25) is 0 Å². The van der Waals surface area contributed by atoms with Crippen LogP contribution in [0.15, 0.2) is 17.5 Å². The number of hydrogen-bond donors (Lipinski definition) is 2. The molecule has 2 N–H and O–H groups in total. The summed E-state index contributed by atoms with van der Waals surface area (Å²) in [7, 11) is 0. The molecule has 0 amide bonds. The number of morpholine rings is 1. The summed E-state index contributed by atoms with van der Waals surface area (Å²) in [6.07, 6.45) is -4.75. The van der Waals surface area contributed by atoms with E-state index in [4.69, 9.17) is 29.3 Å². The SMILES string of the molecule is O=C(O)C(F)(F)F.O=C(O)C(F)(F)F.c1csc(CN2CC[C@]3(CCC[C@@H](CN4CCOCC4)O3)C2)c1. The van der Waals surface area contributed by atoms with Crippen molar-refractivity contribution in [2.45, 2.75) is 56.3 Å². The summed E-state index contributed by atoms with van der Waals surface area (Å²) in [5.41, 5.74) is 0.131. The van der Waals surface area contributed by atoms with E-state index in [1.54, 1.807) is 0 Å². The largest absolute Gasteiger partial charge is 0.490 e. The van der Waals surface area contributed by atoms with Crippen LogP contribution in [0.25, 0.3) is 0 Å². The molecule has 3 fully saturated rings. The zero-order valence-corrected chi connectivity index (χ0v) is 20.7. The monoisotopic (exact) mass is 564 g/mol. The first-order valence-corrected chi connectivity index (χ1v) is 12.4. The highest BCUT2D eigenvalue weighted by atomic mass is 32.1. The summed E-state index contributed by atoms with van der Waals surface area (Å²) in [6.45, 7) is 8.38. The highest BCUT2D eigenvalue weighted by Crippen LogP contribution is 2.37. The Labute approximate surface area is 213 Å². The quantitative estimate of drug-likeness (QED) is 0.532. The number of hydrogen-bond acceptors (Lipinski definition) is 7. The second kappa shape index (κ2) is 13.7. The second-order valence-corrected chi connectivity index (χ2v) is 9.91. The molecule has 1 aromatic rings. The zero-order valence-electron chi connectivity index (χ0n) is 19.9. The van der Waals surface area contributed by atoms with Crippen molar-refractivity contribution < 1.29 is 55.6 Å². The number of nitrogens with zero attached hydrogens (tertiary/aromatic N) is 2. The van der Waals surface area contributed by atoms with Crippen LogP contribution in [0.3, 0.4) is 0 Å². The van der Waals surface area contributed by atoms with Gasteiger partial charge in [0.1, 0.15) is 0 Å². The van der Waals surface area contributed by atoms with Crippen molar-refractivity contribution in [3.05, 3.63) is 22.4 Å². The second-order valence-electron chi connectivity index (χ2n) is 8.87. The zero-order chi connectivity index (χ0) is 27.7. The van der Waals surface area contributed by atoms with Gasteiger partial charge in [0.2, 0.25) is 0 Å². The molecule has 2 atom stereocenters. The number of halogens is 6. The summed E-state index contributed by atoms with van der Waals surface area (Å²) in [4.78, 5) is 24.4. The molecule has 212 valence electrons. The first kappa shape index (κ1) is 31.3. The minimum Gasteiger partial charge on any atom is -0.475 e. The molecule has 0 bridgehead atoms. The average molecular weight is 565 g/mol. The van der Waals surface area contributed by atoms with Crippen LogP contribution in [-0.4, -0.2) is 102 Å². The van der Waals surface area contributed by atoms with Crippen molar-refractivity contribution in [2.24, 2.45) is 0 Å². The van der Waals surface area contributed by atoms with Crippen molar-refractivity contribution in [3.63, 3.8) is 0 Å². The van der Waals surface area contributed by atoms with Gasteiger partial charge in [0.05, 0.1) is 24.9 Å². The maximum atomic E-state index is 10.6. The Morgan fingerprint density at radius 2 is 1.59 bits per heavy atom. The number of thiophene rings is 1. The normalized spacial score (nSPS) is 25.1. The first-order chi connectivity index (χ1) is 17.2. The standard InChI is InChI=1S/C18H28N2O2S.2C2HF3O2/c1-3-16(13-19-8-10-21-11-9-19)22-18(5-1)6-7-20(15-18)14-17-4-2-12-23-17;2*3-2(4,5)1(6)7/h2,4,12,16H,1,3,5-11,13-15H2;2*(H,6,7)/t16-,18+;;/m0../s1. The molecule has 1 aromatic heterocycles. The molecule has 0 radical (unpaired) electrons. The van der Waals surface area contributed by atoms with E-state index in [2.05, 4.69) is 27.3 Å². The Bertz CT molecular complexity index is 824. The van der Waals surface area contributed by atoms with E-state index >= 15 is 0 Å². The van der Waals surface area contributed by atoms with Crippen LogP contribution >= 0.6 is 11.3 Å². The number of carboxylic acids is 2. The number of carbonyl (C=O) groups is 2. The molecule has 3 aliphatic heterocycles. The molecule has 0 saturated carbocycles. The van der Waals surface area contributed by atoms with Gasteiger partial charge in [-0.1, -0.05) is 6.07 Å². The van der Waals surface area contributed by atoms with Crippen molar-refractivity contribution in [1.82, 2.24) is 9.80 Å². The third-order valence-electron chi connectivity index (χ3n) is 5.98. The summed E-state index contributed by atoms with van der Waals surface area (Å²) in [5, 5.41) is 16.4. The Kier molecular flexibility index (Phi) is 11.6. The van der Waals surface area contributed by atoms with Crippen LogP contribution in [-0.2, 0) is 25.6 Å². The van der Waals surface area contributed by atoms with Gasteiger partial charge in [0.15, 0.2) is 0 Å². The third-order valence-corrected chi connectivity index (χ3v) is 6.84. The van der Waals surface area contributed by atoms with Gasteiger partial charge in [-0.3, -0.25) is 9.80 Å². The van der Waals surface area contributed by atoms with Gasteiger partial charge < -0.3 is 19.7 Å². The predicted molar refractivity (Wildman–Crippen MR) is 120 cm³/mol. The fraction of sp³-hybridized carbons (Fsp3) is 0.727. The van der Waals surface area contributed by atoms with Crippen LogP contribution in [0.5, 0.6) is 0 Å². The number of ether oxygens (including phenoxy) is 2. The lowest BCUT2D eigenvalue weighted by Gasteiger charge is -2.41. The van der Waals surface area contributed by atoms with Gasteiger partial charge in [0, 0.05) is 44.1 Å². The minimum atomic E-state index is -5.08. The molecule has 3 saturated heterocycles. The van der Waals surface area contributed by atoms with Gasteiger partial charge in [-0.05, 0) is 37.1 Å². The molecule has 3 aliphatic rings. The lowest BCUT2D eigenvalue weighted by atomic mass is 9.90. The minimum absolute atomic E-state index is 0.131. The van der Waals surface area contributed by atoms with E-state index in [-0.39, 0.29) is 5.60 Å². The number of aliphatic carboxylic acids is 2. The van der Waals surface area contributed by atoms with Gasteiger partial charge in [0.25, 0.3) is 0 Å². The smallest absolute Gasteiger partial charge is 0.475 e. The molecule has 0 aliphatic carbocycles.